The minimum absolute atomic E-state index is 0. The molecule has 92 valence electrons. The van der Waals surface area contributed by atoms with Gasteiger partial charge in [-0.25, -0.2) is 4.99 Å². The van der Waals surface area contributed by atoms with Gasteiger partial charge in [0.15, 0.2) is 5.96 Å². The summed E-state index contributed by atoms with van der Waals surface area (Å²) in [6.45, 7) is 0. The quantitative estimate of drug-likeness (QED) is 0.472. The van der Waals surface area contributed by atoms with Crippen LogP contribution in [0.15, 0.2) is 4.99 Å². The Morgan fingerprint density at radius 2 is 1.81 bits per heavy atom. The molecule has 3 aliphatic carbocycles. The fourth-order valence-electron chi connectivity index (χ4n) is 2.87. The fourth-order valence-corrected chi connectivity index (χ4v) is 2.87. The lowest BCUT2D eigenvalue weighted by Gasteiger charge is -2.12. The monoisotopic (exact) mass is 335 g/mol. The van der Waals surface area contributed by atoms with Crippen LogP contribution in [0.1, 0.15) is 44.9 Å². The summed E-state index contributed by atoms with van der Waals surface area (Å²) in [5.74, 6) is 2.59. The molecule has 3 rings (SSSR count). The highest BCUT2D eigenvalue weighted by Crippen LogP contribution is 2.51. The van der Waals surface area contributed by atoms with E-state index in [0.717, 1.165) is 11.8 Å². The average Bonchev–Trinajstić information content (AvgIpc) is 3.07. The fraction of sp³-hybridized carbons (Fsp3) is 0.917. The minimum atomic E-state index is 0. The molecule has 16 heavy (non-hydrogen) atoms. The van der Waals surface area contributed by atoms with E-state index in [0.29, 0.717) is 18.0 Å². The molecule has 0 aromatic heterocycles. The Labute approximate surface area is 115 Å². The molecule has 0 saturated heterocycles. The van der Waals surface area contributed by atoms with Gasteiger partial charge in [0, 0.05) is 6.04 Å². The second-order valence-electron chi connectivity index (χ2n) is 5.44. The number of nitrogens with two attached hydrogens (primary N) is 1. The highest BCUT2D eigenvalue weighted by molar-refractivity contribution is 14.0. The molecule has 3 saturated carbocycles. The van der Waals surface area contributed by atoms with Gasteiger partial charge in [-0.1, -0.05) is 12.8 Å². The summed E-state index contributed by atoms with van der Waals surface area (Å²) in [7, 11) is 0. The summed E-state index contributed by atoms with van der Waals surface area (Å²) in [6.07, 6.45) is 9.40. The van der Waals surface area contributed by atoms with Gasteiger partial charge >= 0.3 is 0 Å². The molecule has 3 fully saturated rings. The van der Waals surface area contributed by atoms with Gasteiger partial charge in [0.25, 0.3) is 0 Å². The number of nitrogens with one attached hydrogen (secondary N) is 1. The Kier molecular flexibility index (Phi) is 3.97. The third-order valence-electron chi connectivity index (χ3n) is 4.04. The Bertz CT molecular complexity index is 269. The maximum Gasteiger partial charge on any atom is 0.189 e. The number of hydrogen-bond acceptors (Lipinski definition) is 1. The van der Waals surface area contributed by atoms with E-state index in [1.165, 1.54) is 44.9 Å². The Balaban J connectivity index is 0.000000963. The van der Waals surface area contributed by atoms with Crippen molar-refractivity contribution in [2.75, 3.05) is 0 Å². The first kappa shape index (κ1) is 12.5. The Hall–Kier alpha value is 0. The van der Waals surface area contributed by atoms with E-state index < -0.39 is 0 Å². The molecule has 3 N–H and O–H groups in total. The third-order valence-corrected chi connectivity index (χ3v) is 4.04. The van der Waals surface area contributed by atoms with Crippen LogP contribution in [-0.4, -0.2) is 18.0 Å². The van der Waals surface area contributed by atoms with Gasteiger partial charge in [-0.05, 0) is 43.9 Å². The summed E-state index contributed by atoms with van der Waals surface area (Å²) in [4.78, 5) is 4.58. The van der Waals surface area contributed by atoms with Crippen molar-refractivity contribution in [3.8, 4) is 0 Å². The van der Waals surface area contributed by atoms with E-state index in [1.54, 1.807) is 0 Å². The average molecular weight is 335 g/mol. The molecule has 0 aliphatic heterocycles. The molecule has 0 amide bonds. The standard InChI is InChI=1S/C12H21N3.HI/c13-12(14-9-3-1-2-4-9)15-11-7-10(11)8-5-6-8;/h8-11H,1-7H2,(H3,13,14,15);1H/t10-,11+;/m0./s1. The molecule has 3 nitrogen and oxygen atoms in total. The van der Waals surface area contributed by atoms with Gasteiger partial charge in [0.05, 0.1) is 6.04 Å². The van der Waals surface area contributed by atoms with E-state index in [9.17, 15) is 0 Å². The van der Waals surface area contributed by atoms with E-state index >= 15 is 0 Å². The summed E-state index contributed by atoms with van der Waals surface area (Å²) >= 11 is 0. The van der Waals surface area contributed by atoms with Crippen LogP contribution in [-0.2, 0) is 0 Å². The van der Waals surface area contributed by atoms with E-state index in [1.807, 2.05) is 0 Å². The van der Waals surface area contributed by atoms with Gasteiger partial charge in [-0.15, -0.1) is 24.0 Å². The first-order chi connectivity index (χ1) is 7.33. The first-order valence-corrected chi connectivity index (χ1v) is 6.43. The smallest absolute Gasteiger partial charge is 0.189 e. The largest absolute Gasteiger partial charge is 0.370 e. The Morgan fingerprint density at radius 1 is 1.12 bits per heavy atom. The van der Waals surface area contributed by atoms with Gasteiger partial charge in [0.2, 0.25) is 0 Å². The second-order valence-corrected chi connectivity index (χ2v) is 5.44. The topological polar surface area (TPSA) is 50.4 Å². The Morgan fingerprint density at radius 3 is 2.44 bits per heavy atom. The molecule has 0 heterocycles. The van der Waals surface area contributed by atoms with Gasteiger partial charge in [-0.3, -0.25) is 0 Å². The highest BCUT2D eigenvalue weighted by atomic mass is 127. The number of nitrogens with zero attached hydrogens (tertiary/aromatic N) is 1. The van der Waals surface area contributed by atoms with Crippen LogP contribution in [0.3, 0.4) is 0 Å². The number of aliphatic imine (C=N–C) groups is 1. The third kappa shape index (κ3) is 3.02. The van der Waals surface area contributed by atoms with Gasteiger partial charge < -0.3 is 11.1 Å². The van der Waals surface area contributed by atoms with Crippen LogP contribution < -0.4 is 11.1 Å². The van der Waals surface area contributed by atoms with Crippen LogP contribution >= 0.6 is 24.0 Å². The lowest BCUT2D eigenvalue weighted by Crippen LogP contribution is -2.38. The molecule has 0 aromatic rings. The predicted molar refractivity (Wildman–Crippen MR) is 77.0 cm³/mol. The van der Waals surface area contributed by atoms with Gasteiger partial charge in [-0.2, -0.15) is 0 Å². The molecule has 0 radical (unpaired) electrons. The zero-order valence-electron chi connectivity index (χ0n) is 9.69. The number of hydrogen-bond donors (Lipinski definition) is 2. The molecule has 0 bridgehead atoms. The molecule has 0 aromatic carbocycles. The first-order valence-electron chi connectivity index (χ1n) is 6.43. The molecule has 4 heteroatoms. The molecular formula is C12H22IN3. The molecule has 3 aliphatic rings. The van der Waals surface area contributed by atoms with Crippen molar-refractivity contribution in [3.63, 3.8) is 0 Å². The van der Waals surface area contributed by atoms with Crippen molar-refractivity contribution < 1.29 is 0 Å². The molecule has 0 spiro atoms. The van der Waals surface area contributed by atoms with Crippen LogP contribution in [0.25, 0.3) is 0 Å². The van der Waals surface area contributed by atoms with E-state index in [4.69, 9.17) is 5.73 Å². The van der Waals surface area contributed by atoms with Crippen LogP contribution in [0.5, 0.6) is 0 Å². The minimum Gasteiger partial charge on any atom is -0.370 e. The van der Waals surface area contributed by atoms with Crippen molar-refractivity contribution in [1.82, 2.24) is 5.32 Å². The van der Waals surface area contributed by atoms with Crippen LogP contribution in [0.2, 0.25) is 0 Å². The van der Waals surface area contributed by atoms with Crippen molar-refractivity contribution in [1.29, 1.82) is 0 Å². The number of rotatable bonds is 3. The summed E-state index contributed by atoms with van der Waals surface area (Å²) in [5, 5.41) is 3.36. The summed E-state index contributed by atoms with van der Waals surface area (Å²) in [5.41, 5.74) is 5.92. The lowest BCUT2D eigenvalue weighted by molar-refractivity contribution is 0.621. The molecule has 0 unspecified atom stereocenters. The zero-order chi connectivity index (χ0) is 10.3. The van der Waals surface area contributed by atoms with Crippen molar-refractivity contribution in [2.45, 2.75) is 57.0 Å². The van der Waals surface area contributed by atoms with Crippen molar-refractivity contribution in [3.05, 3.63) is 0 Å². The summed E-state index contributed by atoms with van der Waals surface area (Å²) < 4.78 is 0. The predicted octanol–water partition coefficient (Wildman–Crippen LogP) is 2.25. The van der Waals surface area contributed by atoms with E-state index in [-0.39, 0.29) is 24.0 Å². The molecule has 2 atom stereocenters. The lowest BCUT2D eigenvalue weighted by atomic mass is 10.2. The van der Waals surface area contributed by atoms with E-state index in [2.05, 4.69) is 10.3 Å². The highest BCUT2D eigenvalue weighted by Gasteiger charge is 2.47. The van der Waals surface area contributed by atoms with Crippen LogP contribution in [0, 0.1) is 11.8 Å². The second kappa shape index (κ2) is 5.10. The zero-order valence-corrected chi connectivity index (χ0v) is 12.0. The molecular weight excluding hydrogens is 313 g/mol. The SMILES string of the molecule is I.NC(=N[C@@H]1C[C@H]1C1CC1)NC1CCCC1. The maximum atomic E-state index is 5.92. The summed E-state index contributed by atoms with van der Waals surface area (Å²) in [6, 6.07) is 1.17. The normalized spacial score (nSPS) is 34.6. The maximum absolute atomic E-state index is 5.92. The van der Waals surface area contributed by atoms with Gasteiger partial charge in [0.1, 0.15) is 0 Å². The number of halogens is 1. The van der Waals surface area contributed by atoms with Crippen LogP contribution in [0.4, 0.5) is 0 Å². The van der Waals surface area contributed by atoms with Crippen molar-refractivity contribution >= 4 is 29.9 Å². The van der Waals surface area contributed by atoms with Crippen molar-refractivity contribution in [2.24, 2.45) is 22.6 Å². The number of guanidine groups is 1.